The summed E-state index contributed by atoms with van der Waals surface area (Å²) in [5, 5.41) is 11.8. The molecule has 0 bridgehead atoms. The summed E-state index contributed by atoms with van der Waals surface area (Å²) in [7, 11) is 0. The average Bonchev–Trinajstić information content (AvgIpc) is 2.61. The van der Waals surface area contributed by atoms with E-state index in [0.29, 0.717) is 0 Å². The van der Waals surface area contributed by atoms with Gasteiger partial charge in [0.05, 0.1) is 0 Å². The van der Waals surface area contributed by atoms with Crippen LogP contribution in [0.1, 0.15) is 12.5 Å². The van der Waals surface area contributed by atoms with Gasteiger partial charge in [-0.25, -0.2) is 0 Å². The molecule has 1 fully saturated rings. The predicted molar refractivity (Wildman–Crippen MR) is 90.3 cm³/mol. The topological polar surface area (TPSA) is 61.4 Å². The third-order valence-electron chi connectivity index (χ3n) is 4.02. The molecule has 2 heterocycles. The maximum atomic E-state index is 11.3. The van der Waals surface area contributed by atoms with Crippen LogP contribution in [0.15, 0.2) is 42.5 Å². The molecule has 2 aromatic rings. The number of benzene rings is 1. The van der Waals surface area contributed by atoms with Crippen LogP contribution < -0.4 is 10.2 Å². The second kappa shape index (κ2) is 7.09. The molecule has 0 saturated carbocycles. The fraction of sp³-hybridized carbons (Fsp3) is 0.353. The highest BCUT2D eigenvalue weighted by Crippen LogP contribution is 2.14. The van der Waals surface area contributed by atoms with Crippen molar-refractivity contribution < 1.29 is 4.79 Å². The summed E-state index contributed by atoms with van der Waals surface area (Å²) >= 11 is 0. The molecule has 0 spiro atoms. The first-order valence-electron chi connectivity index (χ1n) is 7.84. The van der Waals surface area contributed by atoms with Gasteiger partial charge >= 0.3 is 0 Å². The van der Waals surface area contributed by atoms with Crippen molar-refractivity contribution in [2.24, 2.45) is 0 Å². The average molecular weight is 311 g/mol. The largest absolute Gasteiger partial charge is 0.365 e. The zero-order valence-electron chi connectivity index (χ0n) is 13.3. The molecule has 0 aliphatic carbocycles. The van der Waals surface area contributed by atoms with Crippen molar-refractivity contribution in [3.05, 3.63) is 48.0 Å². The van der Waals surface area contributed by atoms with E-state index in [1.54, 1.807) is 6.92 Å². The molecule has 1 aromatic carbocycles. The Morgan fingerprint density at radius 2 is 1.78 bits per heavy atom. The lowest BCUT2D eigenvalue weighted by Crippen LogP contribution is -2.48. The summed E-state index contributed by atoms with van der Waals surface area (Å²) in [6.07, 6.45) is 0. The van der Waals surface area contributed by atoms with Gasteiger partial charge in [-0.3, -0.25) is 4.79 Å². The Balaban J connectivity index is 1.54. The molecule has 1 amide bonds. The van der Waals surface area contributed by atoms with Gasteiger partial charge < -0.3 is 15.1 Å². The van der Waals surface area contributed by atoms with Gasteiger partial charge in [-0.1, -0.05) is 30.3 Å². The van der Waals surface area contributed by atoms with Crippen molar-refractivity contribution in [1.82, 2.24) is 15.1 Å². The van der Waals surface area contributed by atoms with E-state index in [1.807, 2.05) is 35.2 Å². The van der Waals surface area contributed by atoms with Crippen LogP contribution in [0.25, 0.3) is 0 Å². The van der Waals surface area contributed by atoms with Crippen molar-refractivity contribution in [2.45, 2.75) is 13.5 Å². The van der Waals surface area contributed by atoms with Crippen molar-refractivity contribution in [3.63, 3.8) is 0 Å². The Morgan fingerprint density at radius 3 is 2.39 bits per heavy atom. The highest BCUT2D eigenvalue weighted by atomic mass is 16.2. The van der Waals surface area contributed by atoms with E-state index in [4.69, 9.17) is 0 Å². The molecule has 1 aliphatic rings. The van der Waals surface area contributed by atoms with Gasteiger partial charge in [0.25, 0.3) is 0 Å². The lowest BCUT2D eigenvalue weighted by molar-refractivity contribution is -0.129. The highest BCUT2D eigenvalue weighted by Gasteiger charge is 2.19. The molecule has 0 unspecified atom stereocenters. The first-order chi connectivity index (χ1) is 11.2. The summed E-state index contributed by atoms with van der Waals surface area (Å²) in [4.78, 5) is 15.4. The van der Waals surface area contributed by atoms with E-state index in [2.05, 4.69) is 32.5 Å². The van der Waals surface area contributed by atoms with Crippen LogP contribution in [0.3, 0.4) is 0 Å². The molecule has 1 aliphatic heterocycles. The van der Waals surface area contributed by atoms with Crippen molar-refractivity contribution in [3.8, 4) is 0 Å². The summed E-state index contributed by atoms with van der Waals surface area (Å²) in [5.41, 5.74) is 1.21. The monoisotopic (exact) mass is 311 g/mol. The number of carbonyl (C=O) groups is 1. The molecule has 3 rings (SSSR count). The zero-order chi connectivity index (χ0) is 16.1. The van der Waals surface area contributed by atoms with Gasteiger partial charge in [0.15, 0.2) is 5.82 Å². The molecule has 1 aromatic heterocycles. The fourth-order valence-corrected chi connectivity index (χ4v) is 2.63. The molecule has 23 heavy (non-hydrogen) atoms. The second-order valence-corrected chi connectivity index (χ2v) is 5.61. The van der Waals surface area contributed by atoms with E-state index in [0.717, 1.165) is 44.4 Å². The molecular weight excluding hydrogens is 290 g/mol. The molecule has 0 radical (unpaired) electrons. The van der Waals surface area contributed by atoms with Crippen molar-refractivity contribution >= 4 is 17.5 Å². The quantitative estimate of drug-likeness (QED) is 0.932. The van der Waals surface area contributed by atoms with Gasteiger partial charge in [-0.05, 0) is 17.7 Å². The predicted octanol–water partition coefficient (Wildman–Crippen LogP) is 1.76. The van der Waals surface area contributed by atoms with Crippen molar-refractivity contribution in [2.75, 3.05) is 36.4 Å². The minimum atomic E-state index is 0.135. The second-order valence-electron chi connectivity index (χ2n) is 5.61. The minimum Gasteiger partial charge on any atom is -0.365 e. The first-order valence-corrected chi connectivity index (χ1v) is 7.84. The van der Waals surface area contributed by atoms with Crippen LogP contribution in [0.4, 0.5) is 11.6 Å². The lowest BCUT2D eigenvalue weighted by Gasteiger charge is -2.34. The molecular formula is C17H21N5O. The van der Waals surface area contributed by atoms with Gasteiger partial charge in [0, 0.05) is 39.6 Å². The molecule has 120 valence electrons. The Bertz CT molecular complexity index is 636. The third-order valence-corrected chi connectivity index (χ3v) is 4.02. The summed E-state index contributed by atoms with van der Waals surface area (Å²) in [6, 6.07) is 14.1. The Kier molecular flexibility index (Phi) is 4.71. The SMILES string of the molecule is CC(=O)N1CCN(c2ccc(NCc3ccccc3)nn2)CC1. The zero-order valence-corrected chi connectivity index (χ0v) is 13.3. The maximum Gasteiger partial charge on any atom is 0.219 e. The van der Waals surface area contributed by atoms with E-state index in [1.165, 1.54) is 5.56 Å². The molecule has 1 saturated heterocycles. The number of amides is 1. The summed E-state index contributed by atoms with van der Waals surface area (Å²) in [5.74, 6) is 1.76. The number of nitrogens with one attached hydrogen (secondary N) is 1. The van der Waals surface area contributed by atoms with Gasteiger partial charge in [0.2, 0.25) is 5.91 Å². The van der Waals surface area contributed by atoms with Crippen LogP contribution in [-0.4, -0.2) is 47.2 Å². The molecule has 0 atom stereocenters. The van der Waals surface area contributed by atoms with Gasteiger partial charge in [0.1, 0.15) is 5.82 Å². The van der Waals surface area contributed by atoms with E-state index in [9.17, 15) is 4.79 Å². The number of nitrogens with zero attached hydrogens (tertiary/aromatic N) is 4. The van der Waals surface area contributed by atoms with Gasteiger partial charge in [-0.2, -0.15) is 0 Å². The number of hydrogen-bond acceptors (Lipinski definition) is 5. The number of piperazine rings is 1. The van der Waals surface area contributed by atoms with Crippen LogP contribution >= 0.6 is 0 Å². The first kappa shape index (κ1) is 15.3. The fourth-order valence-electron chi connectivity index (χ4n) is 2.63. The van der Waals surface area contributed by atoms with E-state index >= 15 is 0 Å². The summed E-state index contributed by atoms with van der Waals surface area (Å²) < 4.78 is 0. The molecule has 6 heteroatoms. The van der Waals surface area contributed by atoms with E-state index in [-0.39, 0.29) is 5.91 Å². The van der Waals surface area contributed by atoms with Crippen LogP contribution in [-0.2, 0) is 11.3 Å². The van der Waals surface area contributed by atoms with Crippen LogP contribution in [0.5, 0.6) is 0 Å². The normalized spacial score (nSPS) is 14.7. The Labute approximate surface area is 136 Å². The standard InChI is InChI=1S/C17H21N5O/c1-14(23)21-9-11-22(12-10-21)17-8-7-16(19-20-17)18-13-15-5-3-2-4-6-15/h2-8H,9-13H2,1H3,(H,18,19). The number of anilines is 2. The Hall–Kier alpha value is -2.63. The van der Waals surface area contributed by atoms with Crippen molar-refractivity contribution in [1.29, 1.82) is 0 Å². The smallest absolute Gasteiger partial charge is 0.219 e. The maximum absolute atomic E-state index is 11.3. The van der Waals surface area contributed by atoms with E-state index < -0.39 is 0 Å². The Morgan fingerprint density at radius 1 is 1.04 bits per heavy atom. The minimum absolute atomic E-state index is 0.135. The summed E-state index contributed by atoms with van der Waals surface area (Å²) in [6.45, 7) is 5.42. The van der Waals surface area contributed by atoms with Crippen LogP contribution in [0, 0.1) is 0 Å². The number of carbonyl (C=O) groups excluding carboxylic acids is 1. The lowest BCUT2D eigenvalue weighted by atomic mass is 10.2. The van der Waals surface area contributed by atoms with Gasteiger partial charge in [-0.15, -0.1) is 10.2 Å². The molecule has 6 nitrogen and oxygen atoms in total. The molecule has 1 N–H and O–H groups in total. The number of aromatic nitrogens is 2. The third kappa shape index (κ3) is 3.97. The van der Waals surface area contributed by atoms with Crippen LogP contribution in [0.2, 0.25) is 0 Å². The number of hydrogen-bond donors (Lipinski definition) is 1. The highest BCUT2D eigenvalue weighted by molar-refractivity contribution is 5.73. The number of rotatable bonds is 4.